The second kappa shape index (κ2) is 18.7. The standard InChI is InChI=1S/C8H10.C5H8O.C3H6.2CH4/c1-2-8-6-4-3-5-7-8;1-4(2)5(3)6;1-3-2;;/h3-7H,2H2,1H3;1H2,2-3H3;3H,1H2,2H3;2*1H4. The minimum absolute atomic E-state index is 0. The minimum Gasteiger partial charge on any atom is -0.295 e. The molecule has 0 N–H and O–H groups in total. The van der Waals surface area contributed by atoms with Crippen molar-refractivity contribution in [3.63, 3.8) is 0 Å². The zero-order chi connectivity index (χ0) is 13.7. The van der Waals surface area contributed by atoms with Crippen LogP contribution >= 0.6 is 0 Å². The molecule has 19 heavy (non-hydrogen) atoms. The molecular weight excluding hydrogens is 232 g/mol. The number of carbonyl (C=O) groups is 1. The van der Waals surface area contributed by atoms with Gasteiger partial charge in [0.15, 0.2) is 5.78 Å². The number of carbonyl (C=O) groups excluding carboxylic acids is 1. The molecule has 0 saturated heterocycles. The fourth-order valence-corrected chi connectivity index (χ4v) is 0.714. The van der Waals surface area contributed by atoms with Gasteiger partial charge in [0.05, 0.1) is 0 Å². The zero-order valence-electron chi connectivity index (χ0n) is 11.5. The van der Waals surface area contributed by atoms with Gasteiger partial charge in [0.1, 0.15) is 0 Å². The molecule has 0 aromatic heterocycles. The summed E-state index contributed by atoms with van der Waals surface area (Å²) in [6.07, 6.45) is 2.89. The largest absolute Gasteiger partial charge is 0.295 e. The van der Waals surface area contributed by atoms with Gasteiger partial charge in [-0.05, 0) is 38.3 Å². The molecule has 0 heterocycles. The molecule has 0 aliphatic heterocycles. The van der Waals surface area contributed by atoms with Crippen molar-refractivity contribution >= 4 is 5.78 Å². The number of Topliss-reactive ketones (excluding diaryl/α,β-unsaturated/α-hetero) is 1. The van der Waals surface area contributed by atoms with Crippen LogP contribution in [0, 0.1) is 0 Å². The summed E-state index contributed by atoms with van der Waals surface area (Å²) < 4.78 is 0. The molecule has 0 aliphatic rings. The van der Waals surface area contributed by atoms with E-state index in [0.29, 0.717) is 5.57 Å². The molecule has 0 saturated carbocycles. The van der Waals surface area contributed by atoms with E-state index in [4.69, 9.17) is 0 Å². The Bertz CT molecular complexity index is 311. The van der Waals surface area contributed by atoms with Gasteiger partial charge in [-0.25, -0.2) is 0 Å². The first-order valence-corrected chi connectivity index (χ1v) is 5.76. The smallest absolute Gasteiger partial charge is 0.154 e. The van der Waals surface area contributed by atoms with Gasteiger partial charge >= 0.3 is 0 Å². The highest BCUT2D eigenvalue weighted by atomic mass is 16.1. The van der Waals surface area contributed by atoms with E-state index in [2.05, 4.69) is 44.3 Å². The lowest BCUT2D eigenvalue weighted by molar-refractivity contribution is -0.113. The summed E-state index contributed by atoms with van der Waals surface area (Å²) >= 11 is 0. The molecule has 0 bridgehead atoms. The SMILES string of the molecule is C.C.C=C(C)C(C)=O.C=CC.CCc1ccccc1. The van der Waals surface area contributed by atoms with E-state index in [1.54, 1.807) is 13.0 Å². The van der Waals surface area contributed by atoms with Crippen molar-refractivity contribution in [1.82, 2.24) is 0 Å². The van der Waals surface area contributed by atoms with Gasteiger partial charge in [-0.1, -0.05) is 64.8 Å². The van der Waals surface area contributed by atoms with Crippen molar-refractivity contribution in [3.8, 4) is 0 Å². The van der Waals surface area contributed by atoms with E-state index in [1.807, 2.05) is 13.0 Å². The fraction of sp³-hybridized carbons (Fsp3) is 0.389. The third kappa shape index (κ3) is 22.1. The first kappa shape index (κ1) is 26.0. The average molecular weight is 264 g/mol. The summed E-state index contributed by atoms with van der Waals surface area (Å²) in [5.74, 6) is 0.0648. The van der Waals surface area contributed by atoms with Crippen LogP contribution in [0.15, 0.2) is 55.1 Å². The minimum atomic E-state index is 0. The summed E-state index contributed by atoms with van der Waals surface area (Å²) in [5.41, 5.74) is 2.03. The number of aryl methyl sites for hydroxylation is 1. The highest BCUT2D eigenvalue weighted by Gasteiger charge is 1.85. The van der Waals surface area contributed by atoms with Gasteiger partial charge in [-0.2, -0.15) is 0 Å². The number of ketones is 1. The molecule has 0 aliphatic carbocycles. The lowest BCUT2D eigenvalue weighted by atomic mass is 10.2. The van der Waals surface area contributed by atoms with Crippen LogP contribution in [0.4, 0.5) is 0 Å². The van der Waals surface area contributed by atoms with Crippen molar-refractivity contribution in [3.05, 3.63) is 60.7 Å². The van der Waals surface area contributed by atoms with Crippen molar-refractivity contribution in [1.29, 1.82) is 0 Å². The topological polar surface area (TPSA) is 17.1 Å². The molecule has 0 spiro atoms. The van der Waals surface area contributed by atoms with Gasteiger partial charge in [0, 0.05) is 0 Å². The van der Waals surface area contributed by atoms with Gasteiger partial charge in [0.25, 0.3) is 0 Å². The molecule has 0 atom stereocenters. The Labute approximate surface area is 121 Å². The Kier molecular flexibility index (Phi) is 25.7. The second-order valence-electron chi connectivity index (χ2n) is 3.58. The third-order valence-electron chi connectivity index (χ3n) is 1.85. The van der Waals surface area contributed by atoms with Crippen LogP contribution in [0.25, 0.3) is 0 Å². The summed E-state index contributed by atoms with van der Waals surface area (Å²) in [7, 11) is 0. The van der Waals surface area contributed by atoms with Crippen molar-refractivity contribution in [2.45, 2.75) is 49.0 Å². The summed E-state index contributed by atoms with van der Waals surface area (Å²) in [4.78, 5) is 10.0. The first-order valence-electron chi connectivity index (χ1n) is 5.76. The molecular formula is C18H32O. The van der Waals surface area contributed by atoms with Crippen LogP contribution < -0.4 is 0 Å². The molecule has 1 aromatic rings. The van der Waals surface area contributed by atoms with Crippen molar-refractivity contribution in [2.24, 2.45) is 0 Å². The fourth-order valence-electron chi connectivity index (χ4n) is 0.714. The van der Waals surface area contributed by atoms with Crippen LogP contribution in [0.5, 0.6) is 0 Å². The summed E-state index contributed by atoms with van der Waals surface area (Å²) in [6.45, 7) is 14.0. The monoisotopic (exact) mass is 264 g/mol. The number of rotatable bonds is 2. The van der Waals surface area contributed by atoms with E-state index in [9.17, 15) is 4.79 Å². The lowest BCUT2D eigenvalue weighted by Crippen LogP contribution is -1.86. The number of benzene rings is 1. The predicted molar refractivity (Wildman–Crippen MR) is 90.6 cm³/mol. The Morgan fingerprint density at radius 1 is 1.16 bits per heavy atom. The Hall–Kier alpha value is -1.63. The van der Waals surface area contributed by atoms with Crippen molar-refractivity contribution < 1.29 is 4.79 Å². The van der Waals surface area contributed by atoms with Crippen LogP contribution in [0.1, 0.15) is 48.1 Å². The molecule has 1 rings (SSSR count). The Balaban J connectivity index is -0.0000000928. The van der Waals surface area contributed by atoms with Crippen LogP contribution in [0.2, 0.25) is 0 Å². The number of hydrogen-bond donors (Lipinski definition) is 0. The lowest BCUT2D eigenvalue weighted by Gasteiger charge is -1.89. The van der Waals surface area contributed by atoms with Gasteiger partial charge in [-0.15, -0.1) is 6.58 Å². The van der Waals surface area contributed by atoms with Gasteiger partial charge in [0.2, 0.25) is 0 Å². The van der Waals surface area contributed by atoms with E-state index < -0.39 is 0 Å². The maximum atomic E-state index is 10.0. The van der Waals surface area contributed by atoms with Crippen LogP contribution in [-0.4, -0.2) is 5.78 Å². The molecule has 0 fully saturated rings. The third-order valence-corrected chi connectivity index (χ3v) is 1.85. The molecule has 0 unspecified atom stereocenters. The van der Waals surface area contributed by atoms with Gasteiger partial charge in [-0.3, -0.25) is 4.79 Å². The summed E-state index contributed by atoms with van der Waals surface area (Å²) in [6, 6.07) is 10.5. The molecule has 1 nitrogen and oxygen atoms in total. The van der Waals surface area contributed by atoms with E-state index in [1.165, 1.54) is 12.5 Å². The maximum absolute atomic E-state index is 10.0. The predicted octanol–water partition coefficient (Wildman–Crippen LogP) is 5.87. The number of hydrogen-bond acceptors (Lipinski definition) is 1. The Morgan fingerprint density at radius 3 is 1.63 bits per heavy atom. The van der Waals surface area contributed by atoms with Crippen LogP contribution in [0.3, 0.4) is 0 Å². The van der Waals surface area contributed by atoms with Gasteiger partial charge < -0.3 is 0 Å². The average Bonchev–Trinajstić information content (AvgIpc) is 2.32. The van der Waals surface area contributed by atoms with E-state index >= 15 is 0 Å². The first-order chi connectivity index (χ1) is 7.99. The molecule has 0 radical (unpaired) electrons. The van der Waals surface area contributed by atoms with Crippen molar-refractivity contribution in [2.75, 3.05) is 0 Å². The maximum Gasteiger partial charge on any atom is 0.154 e. The van der Waals surface area contributed by atoms with E-state index in [-0.39, 0.29) is 20.6 Å². The van der Waals surface area contributed by atoms with E-state index in [0.717, 1.165) is 6.42 Å². The van der Waals surface area contributed by atoms with Crippen LogP contribution in [-0.2, 0) is 11.2 Å². The molecule has 1 aromatic carbocycles. The normalized spacial score (nSPS) is 6.95. The molecule has 0 amide bonds. The quantitative estimate of drug-likeness (QED) is 0.482. The highest BCUT2D eigenvalue weighted by molar-refractivity contribution is 5.91. The Morgan fingerprint density at radius 2 is 1.47 bits per heavy atom. The highest BCUT2D eigenvalue weighted by Crippen LogP contribution is 1.96. The zero-order valence-corrected chi connectivity index (χ0v) is 11.5. The second-order valence-corrected chi connectivity index (χ2v) is 3.58. The summed E-state index contributed by atoms with van der Waals surface area (Å²) in [5, 5.41) is 0. The molecule has 1 heteroatoms. The number of allylic oxidation sites excluding steroid dienone is 2. The molecule has 110 valence electrons.